The van der Waals surface area contributed by atoms with Gasteiger partial charge in [0.15, 0.2) is 0 Å². The lowest BCUT2D eigenvalue weighted by molar-refractivity contribution is 0.310. The van der Waals surface area contributed by atoms with E-state index in [1.54, 1.807) is 12.1 Å². The Morgan fingerprint density at radius 3 is 2.33 bits per heavy atom. The molecule has 4 heteroatoms. The second-order valence-electron chi connectivity index (χ2n) is 5.30. The van der Waals surface area contributed by atoms with Gasteiger partial charge in [-0.1, -0.05) is 37.5 Å². The first-order valence-electron chi connectivity index (χ1n) is 6.58. The maximum atomic E-state index is 12.2. The molecule has 0 saturated heterocycles. The number of aryl methyl sites for hydroxylation is 1. The molecular formula is C14H21NO2S. The molecule has 0 radical (unpaired) electrons. The molecule has 1 aliphatic carbocycles. The summed E-state index contributed by atoms with van der Waals surface area (Å²) in [7, 11) is -3.36. The van der Waals surface area contributed by atoms with E-state index >= 15 is 0 Å². The molecule has 1 aliphatic rings. The molecule has 0 unspecified atom stereocenters. The van der Waals surface area contributed by atoms with Crippen molar-refractivity contribution in [1.82, 2.24) is 4.72 Å². The number of hydrogen-bond acceptors (Lipinski definition) is 2. The molecule has 100 valence electrons. The van der Waals surface area contributed by atoms with Gasteiger partial charge in [0.1, 0.15) is 0 Å². The van der Waals surface area contributed by atoms with Crippen LogP contribution in [0.2, 0.25) is 0 Å². The van der Waals surface area contributed by atoms with Gasteiger partial charge in [-0.15, -0.1) is 0 Å². The Morgan fingerprint density at radius 2 is 1.72 bits per heavy atom. The average molecular weight is 267 g/mol. The standard InChI is InChI=1S/C14H21NO2S/c1-11-7-9-13(10-8-11)18(16,17)15-14-6-4-3-5-12(14)2/h7-10,12,14-15H,3-6H2,1-2H3/t12-,14+/m0/s1. The molecule has 0 amide bonds. The second kappa shape index (κ2) is 5.41. The molecular weight excluding hydrogens is 246 g/mol. The van der Waals surface area contributed by atoms with E-state index in [0.29, 0.717) is 10.8 Å². The van der Waals surface area contributed by atoms with Gasteiger partial charge in [0.25, 0.3) is 0 Å². The molecule has 1 fully saturated rings. The normalized spacial score (nSPS) is 25.0. The summed E-state index contributed by atoms with van der Waals surface area (Å²) in [6.07, 6.45) is 4.39. The van der Waals surface area contributed by atoms with Gasteiger partial charge in [0, 0.05) is 6.04 Å². The Kier molecular flexibility index (Phi) is 4.07. The van der Waals surface area contributed by atoms with Crippen LogP contribution < -0.4 is 4.72 Å². The van der Waals surface area contributed by atoms with Crippen molar-refractivity contribution in [3.8, 4) is 0 Å². The lowest BCUT2D eigenvalue weighted by Crippen LogP contribution is -2.40. The van der Waals surface area contributed by atoms with Gasteiger partial charge >= 0.3 is 0 Å². The quantitative estimate of drug-likeness (QED) is 0.915. The van der Waals surface area contributed by atoms with E-state index in [9.17, 15) is 8.42 Å². The Hall–Kier alpha value is -0.870. The lowest BCUT2D eigenvalue weighted by Gasteiger charge is -2.29. The SMILES string of the molecule is Cc1ccc(S(=O)(=O)N[C@@H]2CCCC[C@@H]2C)cc1. The smallest absolute Gasteiger partial charge is 0.208 e. The van der Waals surface area contributed by atoms with Crippen LogP contribution in [0.15, 0.2) is 29.2 Å². The fourth-order valence-corrected chi connectivity index (χ4v) is 3.86. The summed E-state index contributed by atoms with van der Waals surface area (Å²) in [4.78, 5) is 0.367. The number of hydrogen-bond donors (Lipinski definition) is 1. The minimum atomic E-state index is -3.36. The van der Waals surface area contributed by atoms with Crippen LogP contribution in [0, 0.1) is 12.8 Å². The summed E-state index contributed by atoms with van der Waals surface area (Å²) in [5.74, 6) is 0.430. The fraction of sp³-hybridized carbons (Fsp3) is 0.571. The summed E-state index contributed by atoms with van der Waals surface area (Å²) in [6, 6.07) is 7.10. The molecule has 0 aromatic heterocycles. The number of benzene rings is 1. The highest BCUT2D eigenvalue weighted by atomic mass is 32.2. The molecule has 2 rings (SSSR count). The van der Waals surface area contributed by atoms with Crippen molar-refractivity contribution in [2.45, 2.75) is 50.5 Å². The summed E-state index contributed by atoms with van der Waals surface area (Å²) >= 11 is 0. The van der Waals surface area contributed by atoms with Crippen molar-refractivity contribution >= 4 is 10.0 Å². The molecule has 0 bridgehead atoms. The van der Waals surface area contributed by atoms with Crippen molar-refractivity contribution in [3.05, 3.63) is 29.8 Å². The van der Waals surface area contributed by atoms with Gasteiger partial charge in [-0.3, -0.25) is 0 Å². The first-order chi connectivity index (χ1) is 8.49. The first kappa shape index (κ1) is 13.6. The van der Waals surface area contributed by atoms with E-state index < -0.39 is 10.0 Å². The predicted molar refractivity (Wildman–Crippen MR) is 72.9 cm³/mol. The van der Waals surface area contributed by atoms with E-state index in [-0.39, 0.29) is 6.04 Å². The van der Waals surface area contributed by atoms with Gasteiger partial charge in [0.2, 0.25) is 10.0 Å². The van der Waals surface area contributed by atoms with Crippen LogP contribution in [-0.2, 0) is 10.0 Å². The highest BCUT2D eigenvalue weighted by Crippen LogP contribution is 2.25. The van der Waals surface area contributed by atoms with Crippen LogP contribution in [0.25, 0.3) is 0 Å². The molecule has 0 spiro atoms. The second-order valence-corrected chi connectivity index (χ2v) is 7.02. The molecule has 3 nitrogen and oxygen atoms in total. The predicted octanol–water partition coefficient (Wildman–Crippen LogP) is 2.85. The molecule has 1 saturated carbocycles. The minimum Gasteiger partial charge on any atom is -0.208 e. The maximum absolute atomic E-state index is 12.2. The zero-order valence-electron chi connectivity index (χ0n) is 11.0. The van der Waals surface area contributed by atoms with Gasteiger partial charge in [0.05, 0.1) is 4.90 Å². The molecule has 18 heavy (non-hydrogen) atoms. The largest absolute Gasteiger partial charge is 0.240 e. The molecule has 1 aromatic carbocycles. The zero-order valence-corrected chi connectivity index (χ0v) is 11.8. The number of rotatable bonds is 3. The van der Waals surface area contributed by atoms with Crippen molar-refractivity contribution in [1.29, 1.82) is 0 Å². The van der Waals surface area contributed by atoms with Crippen molar-refractivity contribution in [2.24, 2.45) is 5.92 Å². The van der Waals surface area contributed by atoms with Crippen molar-refractivity contribution < 1.29 is 8.42 Å². The Morgan fingerprint density at radius 1 is 1.11 bits per heavy atom. The van der Waals surface area contributed by atoms with Gasteiger partial charge in [-0.25, -0.2) is 13.1 Å². The summed E-state index contributed by atoms with van der Waals surface area (Å²) in [5, 5.41) is 0. The summed E-state index contributed by atoms with van der Waals surface area (Å²) in [5.41, 5.74) is 1.07. The Bertz CT molecular complexity index is 493. The highest BCUT2D eigenvalue weighted by Gasteiger charge is 2.26. The third kappa shape index (κ3) is 3.12. The van der Waals surface area contributed by atoms with Gasteiger partial charge in [-0.05, 0) is 37.8 Å². The van der Waals surface area contributed by atoms with Crippen LogP contribution in [-0.4, -0.2) is 14.5 Å². The highest BCUT2D eigenvalue weighted by molar-refractivity contribution is 7.89. The van der Waals surface area contributed by atoms with Crippen LogP contribution >= 0.6 is 0 Å². The van der Waals surface area contributed by atoms with Gasteiger partial charge < -0.3 is 0 Å². The topological polar surface area (TPSA) is 46.2 Å². The number of sulfonamides is 1. The van der Waals surface area contributed by atoms with E-state index in [1.165, 1.54) is 6.42 Å². The Labute approximate surface area is 110 Å². The van der Waals surface area contributed by atoms with Crippen molar-refractivity contribution in [2.75, 3.05) is 0 Å². The summed E-state index contributed by atoms with van der Waals surface area (Å²) in [6.45, 7) is 4.08. The van der Waals surface area contributed by atoms with Crippen LogP contribution in [0.1, 0.15) is 38.2 Å². The first-order valence-corrected chi connectivity index (χ1v) is 8.06. The van der Waals surface area contributed by atoms with Crippen LogP contribution in [0.5, 0.6) is 0 Å². The lowest BCUT2D eigenvalue weighted by atomic mass is 9.87. The van der Waals surface area contributed by atoms with Crippen molar-refractivity contribution in [3.63, 3.8) is 0 Å². The third-order valence-corrected chi connectivity index (χ3v) is 5.26. The van der Waals surface area contributed by atoms with Crippen LogP contribution in [0.3, 0.4) is 0 Å². The Balaban J connectivity index is 2.13. The zero-order chi connectivity index (χ0) is 13.2. The van der Waals surface area contributed by atoms with Gasteiger partial charge in [-0.2, -0.15) is 0 Å². The summed E-state index contributed by atoms with van der Waals surface area (Å²) < 4.78 is 27.3. The van der Waals surface area contributed by atoms with E-state index in [0.717, 1.165) is 24.8 Å². The van der Waals surface area contributed by atoms with E-state index in [1.807, 2.05) is 19.1 Å². The van der Waals surface area contributed by atoms with Crippen LogP contribution in [0.4, 0.5) is 0 Å². The monoisotopic (exact) mass is 267 g/mol. The minimum absolute atomic E-state index is 0.0880. The average Bonchev–Trinajstić information content (AvgIpc) is 2.32. The molecule has 1 aromatic rings. The molecule has 2 atom stereocenters. The maximum Gasteiger partial charge on any atom is 0.240 e. The van der Waals surface area contributed by atoms with E-state index in [4.69, 9.17) is 0 Å². The fourth-order valence-electron chi connectivity index (χ4n) is 2.48. The number of nitrogens with one attached hydrogen (secondary N) is 1. The molecule has 0 heterocycles. The van der Waals surface area contributed by atoms with E-state index in [2.05, 4.69) is 11.6 Å². The molecule has 1 N–H and O–H groups in total. The third-order valence-electron chi connectivity index (χ3n) is 3.75. The molecule has 0 aliphatic heterocycles.